The van der Waals surface area contributed by atoms with Crippen molar-refractivity contribution in [3.8, 4) is 5.75 Å². The average Bonchev–Trinajstić information content (AvgIpc) is 2.53. The van der Waals surface area contributed by atoms with Gasteiger partial charge in [-0.1, -0.05) is 28.1 Å². The van der Waals surface area contributed by atoms with Crippen LogP contribution in [0, 0.1) is 5.82 Å². The Balaban J connectivity index is 1.68. The van der Waals surface area contributed by atoms with Crippen LogP contribution in [0.5, 0.6) is 5.75 Å². The number of rotatable bonds is 3. The van der Waals surface area contributed by atoms with E-state index in [1.165, 1.54) is 12.1 Å². The summed E-state index contributed by atoms with van der Waals surface area (Å²) in [5.41, 5.74) is 1.99. The van der Waals surface area contributed by atoms with Crippen LogP contribution in [0.2, 0.25) is 0 Å². The van der Waals surface area contributed by atoms with Gasteiger partial charge in [-0.3, -0.25) is 4.79 Å². The molecule has 120 valence electrons. The van der Waals surface area contributed by atoms with Gasteiger partial charge in [0, 0.05) is 11.0 Å². The zero-order valence-corrected chi connectivity index (χ0v) is 14.3. The summed E-state index contributed by atoms with van der Waals surface area (Å²) in [5.74, 6) is 0.284. The number of ether oxygens (including phenoxy) is 1. The Bertz CT molecular complexity index is 735. The van der Waals surface area contributed by atoms with E-state index in [0.29, 0.717) is 12.3 Å². The van der Waals surface area contributed by atoms with Gasteiger partial charge in [-0.2, -0.15) is 0 Å². The average molecular weight is 378 g/mol. The number of amides is 1. The first-order valence-electron chi connectivity index (χ1n) is 7.51. The summed E-state index contributed by atoms with van der Waals surface area (Å²) in [7, 11) is 0. The van der Waals surface area contributed by atoms with Crippen LogP contribution in [0.4, 0.5) is 4.39 Å². The molecular formula is C18H17BrFNO2. The van der Waals surface area contributed by atoms with Gasteiger partial charge in [0.1, 0.15) is 11.6 Å². The van der Waals surface area contributed by atoms with Crippen LogP contribution >= 0.6 is 15.9 Å². The van der Waals surface area contributed by atoms with Crippen LogP contribution in [-0.2, 0) is 11.2 Å². The van der Waals surface area contributed by atoms with E-state index in [0.717, 1.165) is 22.0 Å². The molecule has 1 aliphatic rings. The minimum atomic E-state index is -0.268. The molecule has 0 radical (unpaired) electrons. The normalized spacial score (nSPS) is 16.8. The molecule has 2 aromatic rings. The predicted octanol–water partition coefficient (Wildman–Crippen LogP) is 4.11. The predicted molar refractivity (Wildman–Crippen MR) is 89.9 cm³/mol. The molecule has 1 aliphatic heterocycles. The molecule has 0 bridgehead atoms. The lowest BCUT2D eigenvalue weighted by Gasteiger charge is -2.35. The molecule has 0 N–H and O–H groups in total. The van der Waals surface area contributed by atoms with Crippen molar-refractivity contribution in [2.45, 2.75) is 19.4 Å². The Morgan fingerprint density at radius 1 is 1.35 bits per heavy atom. The number of benzene rings is 2. The van der Waals surface area contributed by atoms with Gasteiger partial charge in [0.25, 0.3) is 5.91 Å². The van der Waals surface area contributed by atoms with Gasteiger partial charge in [0.15, 0.2) is 6.61 Å². The van der Waals surface area contributed by atoms with Crippen molar-refractivity contribution in [2.75, 3.05) is 13.2 Å². The zero-order valence-electron chi connectivity index (χ0n) is 12.8. The standard InChI is InChI=1S/C18H17BrFNO2/c1-12-17-10-15(20)6-5-13(17)7-8-21(12)18(22)11-23-16-4-2-3-14(19)9-16/h2-6,9-10,12H,7-8,11H2,1H3. The lowest BCUT2D eigenvalue weighted by molar-refractivity contribution is -0.136. The van der Waals surface area contributed by atoms with Crippen LogP contribution in [0.1, 0.15) is 24.1 Å². The van der Waals surface area contributed by atoms with Crippen molar-refractivity contribution in [3.63, 3.8) is 0 Å². The van der Waals surface area contributed by atoms with E-state index in [2.05, 4.69) is 15.9 Å². The van der Waals surface area contributed by atoms with Crippen LogP contribution in [0.15, 0.2) is 46.9 Å². The summed E-state index contributed by atoms with van der Waals surface area (Å²) in [6.07, 6.45) is 0.739. The summed E-state index contributed by atoms with van der Waals surface area (Å²) in [6.45, 7) is 2.53. The monoisotopic (exact) mass is 377 g/mol. The van der Waals surface area contributed by atoms with Gasteiger partial charge in [-0.25, -0.2) is 4.39 Å². The molecule has 0 spiro atoms. The molecule has 0 saturated heterocycles. The maximum absolute atomic E-state index is 13.5. The van der Waals surface area contributed by atoms with Crippen molar-refractivity contribution in [3.05, 3.63) is 63.9 Å². The third-order valence-corrected chi connectivity index (χ3v) is 4.62. The number of halogens is 2. The molecule has 23 heavy (non-hydrogen) atoms. The van der Waals surface area contributed by atoms with Gasteiger partial charge >= 0.3 is 0 Å². The van der Waals surface area contributed by atoms with E-state index in [4.69, 9.17) is 4.74 Å². The fourth-order valence-electron chi connectivity index (χ4n) is 2.91. The Morgan fingerprint density at radius 3 is 2.96 bits per heavy atom. The third kappa shape index (κ3) is 3.55. The highest BCUT2D eigenvalue weighted by Gasteiger charge is 2.28. The van der Waals surface area contributed by atoms with Gasteiger partial charge in [-0.05, 0) is 54.8 Å². The topological polar surface area (TPSA) is 29.5 Å². The van der Waals surface area contributed by atoms with E-state index in [1.54, 1.807) is 11.0 Å². The number of nitrogens with zero attached hydrogens (tertiary/aromatic N) is 1. The smallest absolute Gasteiger partial charge is 0.261 e. The first-order valence-corrected chi connectivity index (χ1v) is 8.30. The van der Waals surface area contributed by atoms with E-state index in [1.807, 2.05) is 31.2 Å². The molecule has 1 amide bonds. The molecule has 0 aliphatic carbocycles. The molecule has 3 nitrogen and oxygen atoms in total. The van der Waals surface area contributed by atoms with Gasteiger partial charge in [0.2, 0.25) is 0 Å². The van der Waals surface area contributed by atoms with Crippen LogP contribution < -0.4 is 4.74 Å². The van der Waals surface area contributed by atoms with Crippen molar-refractivity contribution < 1.29 is 13.9 Å². The SMILES string of the molecule is CC1c2cc(F)ccc2CCN1C(=O)COc1cccc(Br)c1. The highest BCUT2D eigenvalue weighted by molar-refractivity contribution is 9.10. The largest absolute Gasteiger partial charge is 0.484 e. The van der Waals surface area contributed by atoms with Crippen molar-refractivity contribution in [2.24, 2.45) is 0 Å². The molecule has 2 aromatic carbocycles. The fourth-order valence-corrected chi connectivity index (χ4v) is 3.29. The number of carbonyl (C=O) groups excluding carboxylic acids is 1. The van der Waals surface area contributed by atoms with Crippen LogP contribution in [0.3, 0.4) is 0 Å². The maximum atomic E-state index is 13.5. The summed E-state index contributed by atoms with van der Waals surface area (Å²) in [4.78, 5) is 14.2. The van der Waals surface area contributed by atoms with E-state index in [9.17, 15) is 9.18 Å². The molecule has 0 fully saturated rings. The highest BCUT2D eigenvalue weighted by Crippen LogP contribution is 2.30. The second-order valence-corrected chi connectivity index (χ2v) is 6.52. The fraction of sp³-hybridized carbons (Fsp3) is 0.278. The van der Waals surface area contributed by atoms with Crippen molar-refractivity contribution in [1.82, 2.24) is 4.90 Å². The molecule has 1 atom stereocenters. The molecule has 0 aromatic heterocycles. The van der Waals surface area contributed by atoms with E-state index in [-0.39, 0.29) is 24.4 Å². The summed E-state index contributed by atoms with van der Waals surface area (Å²) >= 11 is 3.37. The minimum Gasteiger partial charge on any atom is -0.484 e. The van der Waals surface area contributed by atoms with E-state index >= 15 is 0 Å². The lowest BCUT2D eigenvalue weighted by atomic mass is 9.93. The minimum absolute atomic E-state index is 0.0224. The van der Waals surface area contributed by atoms with Crippen LogP contribution in [-0.4, -0.2) is 24.0 Å². The second-order valence-electron chi connectivity index (χ2n) is 5.60. The van der Waals surface area contributed by atoms with Crippen LogP contribution in [0.25, 0.3) is 0 Å². The highest BCUT2D eigenvalue weighted by atomic mass is 79.9. The van der Waals surface area contributed by atoms with Gasteiger partial charge in [0.05, 0.1) is 6.04 Å². The molecule has 1 heterocycles. The lowest BCUT2D eigenvalue weighted by Crippen LogP contribution is -2.41. The maximum Gasteiger partial charge on any atom is 0.261 e. The van der Waals surface area contributed by atoms with Crippen molar-refractivity contribution in [1.29, 1.82) is 0 Å². The number of fused-ring (bicyclic) bond motifs is 1. The molecular weight excluding hydrogens is 361 g/mol. The molecule has 0 saturated carbocycles. The Morgan fingerprint density at radius 2 is 2.17 bits per heavy atom. The summed E-state index contributed by atoms with van der Waals surface area (Å²) in [5, 5.41) is 0. The Hall–Kier alpha value is -1.88. The first kappa shape index (κ1) is 16.0. The van der Waals surface area contributed by atoms with Gasteiger partial charge < -0.3 is 9.64 Å². The Kier molecular flexibility index (Phi) is 4.66. The number of hydrogen-bond donors (Lipinski definition) is 0. The third-order valence-electron chi connectivity index (χ3n) is 4.13. The van der Waals surface area contributed by atoms with Crippen molar-refractivity contribution >= 4 is 21.8 Å². The zero-order chi connectivity index (χ0) is 16.4. The first-order chi connectivity index (χ1) is 11.0. The van der Waals surface area contributed by atoms with Gasteiger partial charge in [-0.15, -0.1) is 0 Å². The second kappa shape index (κ2) is 6.71. The summed E-state index contributed by atoms with van der Waals surface area (Å²) < 4.78 is 19.9. The molecule has 1 unspecified atom stereocenters. The summed E-state index contributed by atoms with van der Waals surface area (Å²) in [6, 6.07) is 12.0. The molecule has 5 heteroatoms. The Labute approximate surface area is 143 Å². The quantitative estimate of drug-likeness (QED) is 0.805. The number of hydrogen-bond acceptors (Lipinski definition) is 2. The molecule has 3 rings (SSSR count). The van der Waals surface area contributed by atoms with E-state index < -0.39 is 0 Å². The number of carbonyl (C=O) groups is 1.